The van der Waals surface area contributed by atoms with Crippen LogP contribution in [0.15, 0.2) is 30.5 Å². The summed E-state index contributed by atoms with van der Waals surface area (Å²) in [5, 5.41) is 8.67. The highest BCUT2D eigenvalue weighted by Crippen LogP contribution is 2.13. The number of imidazole rings is 1. The van der Waals surface area contributed by atoms with Gasteiger partial charge in [-0.2, -0.15) is 5.26 Å². The first-order valence-corrected chi connectivity index (χ1v) is 4.52. The fourth-order valence-corrected chi connectivity index (χ4v) is 1.45. The Kier molecular flexibility index (Phi) is 2.14. The van der Waals surface area contributed by atoms with E-state index in [1.807, 2.05) is 23.6 Å². The number of nitriles is 1. The molecule has 1 aromatic carbocycles. The molecule has 2 aromatic rings. The van der Waals surface area contributed by atoms with Gasteiger partial charge in [-0.05, 0) is 31.2 Å². The topological polar surface area (TPSA) is 67.6 Å². The Labute approximate surface area is 87.6 Å². The average Bonchev–Trinajstić information content (AvgIpc) is 2.58. The largest absolute Gasteiger partial charge is 0.382 e. The van der Waals surface area contributed by atoms with Crippen LogP contribution in [0.2, 0.25) is 0 Å². The van der Waals surface area contributed by atoms with Gasteiger partial charge in [-0.15, -0.1) is 0 Å². The van der Waals surface area contributed by atoms with Crippen molar-refractivity contribution in [3.05, 3.63) is 41.9 Å². The number of nitrogens with two attached hydrogens (primary N) is 1. The predicted octanol–water partition coefficient (Wildman–Crippen LogP) is 1.63. The van der Waals surface area contributed by atoms with E-state index in [4.69, 9.17) is 11.0 Å². The van der Waals surface area contributed by atoms with Gasteiger partial charge in [-0.3, -0.25) is 0 Å². The second-order valence-corrected chi connectivity index (χ2v) is 3.24. The Hall–Kier alpha value is -2.28. The van der Waals surface area contributed by atoms with Gasteiger partial charge in [0.05, 0.1) is 17.8 Å². The zero-order valence-electron chi connectivity index (χ0n) is 8.31. The highest BCUT2D eigenvalue weighted by atomic mass is 15.1. The van der Waals surface area contributed by atoms with Crippen molar-refractivity contribution in [1.29, 1.82) is 5.26 Å². The lowest BCUT2D eigenvalue weighted by Gasteiger charge is -2.03. The van der Waals surface area contributed by atoms with Crippen molar-refractivity contribution in [2.45, 2.75) is 6.92 Å². The van der Waals surface area contributed by atoms with Crippen molar-refractivity contribution in [1.82, 2.24) is 9.55 Å². The Balaban J connectivity index is 2.46. The minimum absolute atomic E-state index is 0.497. The van der Waals surface area contributed by atoms with E-state index in [0.29, 0.717) is 11.4 Å². The Morgan fingerprint density at radius 2 is 2.00 bits per heavy atom. The summed E-state index contributed by atoms with van der Waals surface area (Å²) in [5.41, 5.74) is 7.19. The third kappa shape index (κ3) is 1.67. The van der Waals surface area contributed by atoms with Gasteiger partial charge in [-0.1, -0.05) is 0 Å². The number of nitrogens with zero attached hydrogens (tertiary/aromatic N) is 3. The molecule has 0 spiro atoms. The molecule has 1 heterocycles. The predicted molar refractivity (Wildman–Crippen MR) is 57.4 cm³/mol. The van der Waals surface area contributed by atoms with E-state index >= 15 is 0 Å². The molecule has 2 N–H and O–H groups in total. The summed E-state index contributed by atoms with van der Waals surface area (Å²) in [4.78, 5) is 4.11. The minimum atomic E-state index is 0.497. The molecule has 0 bridgehead atoms. The molecular weight excluding hydrogens is 188 g/mol. The van der Waals surface area contributed by atoms with Crippen LogP contribution in [-0.2, 0) is 0 Å². The Bertz CT molecular complexity index is 517. The zero-order chi connectivity index (χ0) is 10.8. The molecule has 0 saturated carbocycles. The monoisotopic (exact) mass is 198 g/mol. The molecule has 0 radical (unpaired) electrons. The van der Waals surface area contributed by atoms with Crippen LogP contribution in [0, 0.1) is 18.3 Å². The lowest BCUT2D eigenvalue weighted by Crippen LogP contribution is -1.94. The molecule has 0 aliphatic carbocycles. The SMILES string of the molecule is Cc1nc(N)cn1-c1ccc(C#N)cc1. The maximum Gasteiger partial charge on any atom is 0.142 e. The van der Waals surface area contributed by atoms with Crippen LogP contribution in [0.4, 0.5) is 5.82 Å². The van der Waals surface area contributed by atoms with E-state index in [0.717, 1.165) is 11.5 Å². The first-order chi connectivity index (χ1) is 7.20. The van der Waals surface area contributed by atoms with Gasteiger partial charge in [0, 0.05) is 5.69 Å². The molecule has 0 saturated heterocycles. The van der Waals surface area contributed by atoms with Crippen molar-refractivity contribution < 1.29 is 0 Å². The van der Waals surface area contributed by atoms with Crippen LogP contribution < -0.4 is 5.73 Å². The molecule has 0 atom stereocenters. The van der Waals surface area contributed by atoms with E-state index < -0.39 is 0 Å². The van der Waals surface area contributed by atoms with Crippen molar-refractivity contribution in [3.8, 4) is 11.8 Å². The fourth-order valence-electron chi connectivity index (χ4n) is 1.45. The second-order valence-electron chi connectivity index (χ2n) is 3.24. The Morgan fingerprint density at radius 1 is 1.33 bits per heavy atom. The van der Waals surface area contributed by atoms with Gasteiger partial charge < -0.3 is 10.3 Å². The third-order valence-electron chi connectivity index (χ3n) is 2.18. The summed E-state index contributed by atoms with van der Waals surface area (Å²) < 4.78 is 1.89. The van der Waals surface area contributed by atoms with Crippen molar-refractivity contribution in [2.75, 3.05) is 5.73 Å². The maximum atomic E-state index is 8.67. The van der Waals surface area contributed by atoms with Crippen LogP contribution in [0.1, 0.15) is 11.4 Å². The molecule has 0 unspecified atom stereocenters. The van der Waals surface area contributed by atoms with E-state index in [1.54, 1.807) is 18.3 Å². The summed E-state index contributed by atoms with van der Waals surface area (Å²) in [6.45, 7) is 1.88. The van der Waals surface area contributed by atoms with E-state index in [2.05, 4.69) is 11.1 Å². The highest BCUT2D eigenvalue weighted by molar-refractivity contribution is 5.42. The summed E-state index contributed by atoms with van der Waals surface area (Å²) in [6, 6.07) is 9.35. The molecule has 0 aliphatic rings. The summed E-state index contributed by atoms with van der Waals surface area (Å²) >= 11 is 0. The number of rotatable bonds is 1. The molecule has 4 heteroatoms. The molecule has 2 rings (SSSR count). The molecule has 4 nitrogen and oxygen atoms in total. The van der Waals surface area contributed by atoms with E-state index in [1.165, 1.54) is 0 Å². The van der Waals surface area contributed by atoms with Crippen LogP contribution in [0.3, 0.4) is 0 Å². The summed E-state index contributed by atoms with van der Waals surface area (Å²) in [5.74, 6) is 1.33. The van der Waals surface area contributed by atoms with Gasteiger partial charge >= 0.3 is 0 Å². The van der Waals surface area contributed by atoms with Crippen molar-refractivity contribution in [2.24, 2.45) is 0 Å². The minimum Gasteiger partial charge on any atom is -0.382 e. The number of hydrogen-bond acceptors (Lipinski definition) is 3. The third-order valence-corrected chi connectivity index (χ3v) is 2.18. The molecule has 1 aromatic heterocycles. The number of hydrogen-bond donors (Lipinski definition) is 1. The van der Waals surface area contributed by atoms with E-state index in [-0.39, 0.29) is 0 Å². The van der Waals surface area contributed by atoms with Gasteiger partial charge in [0.15, 0.2) is 0 Å². The van der Waals surface area contributed by atoms with Crippen molar-refractivity contribution in [3.63, 3.8) is 0 Å². The lowest BCUT2D eigenvalue weighted by molar-refractivity contribution is 0.975. The first kappa shape index (κ1) is 9.28. The van der Waals surface area contributed by atoms with Gasteiger partial charge in [0.25, 0.3) is 0 Å². The number of nitrogen functional groups attached to an aromatic ring is 1. The highest BCUT2D eigenvalue weighted by Gasteiger charge is 2.02. The molecular formula is C11H10N4. The molecule has 0 aliphatic heterocycles. The number of aryl methyl sites for hydroxylation is 1. The van der Waals surface area contributed by atoms with Gasteiger partial charge in [0.2, 0.25) is 0 Å². The van der Waals surface area contributed by atoms with Gasteiger partial charge in [-0.25, -0.2) is 4.98 Å². The smallest absolute Gasteiger partial charge is 0.142 e. The lowest BCUT2D eigenvalue weighted by atomic mass is 10.2. The summed E-state index contributed by atoms with van der Waals surface area (Å²) in [7, 11) is 0. The van der Waals surface area contributed by atoms with Crippen LogP contribution >= 0.6 is 0 Å². The number of aromatic nitrogens is 2. The molecule has 15 heavy (non-hydrogen) atoms. The standard InChI is InChI=1S/C11H10N4/c1-8-14-11(13)7-15(8)10-4-2-9(6-12)3-5-10/h2-5,7H,13H2,1H3. The Morgan fingerprint density at radius 3 is 2.47 bits per heavy atom. The second kappa shape index (κ2) is 3.46. The van der Waals surface area contributed by atoms with Gasteiger partial charge in [0.1, 0.15) is 11.6 Å². The fraction of sp³-hybridized carbons (Fsp3) is 0.0909. The zero-order valence-corrected chi connectivity index (χ0v) is 8.31. The van der Waals surface area contributed by atoms with Crippen LogP contribution in [0.25, 0.3) is 5.69 Å². The van der Waals surface area contributed by atoms with E-state index in [9.17, 15) is 0 Å². The molecule has 0 fully saturated rings. The normalized spacial score (nSPS) is 9.87. The average molecular weight is 198 g/mol. The maximum absolute atomic E-state index is 8.67. The van der Waals surface area contributed by atoms with Crippen molar-refractivity contribution >= 4 is 5.82 Å². The number of benzene rings is 1. The van der Waals surface area contributed by atoms with Crippen LogP contribution in [0.5, 0.6) is 0 Å². The first-order valence-electron chi connectivity index (χ1n) is 4.52. The molecule has 74 valence electrons. The quantitative estimate of drug-likeness (QED) is 0.757. The summed E-state index contributed by atoms with van der Waals surface area (Å²) in [6.07, 6.45) is 1.76. The van der Waals surface area contributed by atoms with Crippen LogP contribution in [-0.4, -0.2) is 9.55 Å². The number of anilines is 1. The molecule has 0 amide bonds.